The van der Waals surface area contributed by atoms with Crippen LogP contribution in [0.1, 0.15) is 12.8 Å². The molecule has 0 aliphatic carbocycles. The summed E-state index contributed by atoms with van der Waals surface area (Å²) in [5.74, 6) is -1.43. The van der Waals surface area contributed by atoms with E-state index in [0.717, 1.165) is 10.8 Å². The molecule has 16 heavy (non-hydrogen) atoms. The lowest BCUT2D eigenvalue weighted by atomic mass is 10.3. The van der Waals surface area contributed by atoms with E-state index in [1.54, 1.807) is 0 Å². The molecule has 0 amide bonds. The summed E-state index contributed by atoms with van der Waals surface area (Å²) in [6.07, 6.45) is 1.28. The number of H-pyrrole nitrogens is 1. The number of nitrogens with zero attached hydrogens (tertiary/aromatic N) is 1. The third-order valence-electron chi connectivity index (χ3n) is 1.98. The predicted molar refractivity (Wildman–Crippen MR) is 52.5 cm³/mol. The monoisotopic (exact) mass is 230 g/mol. The van der Waals surface area contributed by atoms with Crippen LogP contribution in [0.4, 0.5) is 4.39 Å². The second-order valence-corrected chi connectivity index (χ2v) is 3.11. The van der Waals surface area contributed by atoms with Gasteiger partial charge in [0.25, 0.3) is 5.56 Å². The molecule has 0 saturated heterocycles. The molecule has 1 aromatic heterocycles. The SMILES string of the molecule is COC(=O)CCCn1cc(F)c(=O)[nH]c1=O. The number of rotatable bonds is 4. The first kappa shape index (κ1) is 12.2. The Hall–Kier alpha value is -1.92. The third-order valence-corrected chi connectivity index (χ3v) is 1.98. The van der Waals surface area contributed by atoms with Gasteiger partial charge in [0.15, 0.2) is 0 Å². The number of hydrogen-bond donors (Lipinski definition) is 1. The molecule has 0 radical (unpaired) electrons. The minimum absolute atomic E-state index is 0.129. The molecule has 0 aliphatic heterocycles. The summed E-state index contributed by atoms with van der Waals surface area (Å²) in [6, 6.07) is 0. The maximum atomic E-state index is 12.8. The van der Waals surface area contributed by atoms with Gasteiger partial charge in [0, 0.05) is 13.0 Å². The topological polar surface area (TPSA) is 81.2 Å². The van der Waals surface area contributed by atoms with Crippen LogP contribution in [-0.2, 0) is 16.1 Å². The minimum Gasteiger partial charge on any atom is -0.469 e. The number of aryl methyl sites for hydroxylation is 1. The van der Waals surface area contributed by atoms with Crippen LogP contribution >= 0.6 is 0 Å². The first-order valence-corrected chi connectivity index (χ1v) is 4.60. The van der Waals surface area contributed by atoms with Gasteiger partial charge in [-0.3, -0.25) is 19.1 Å². The van der Waals surface area contributed by atoms with Crippen molar-refractivity contribution in [2.75, 3.05) is 7.11 Å². The van der Waals surface area contributed by atoms with Gasteiger partial charge in [0.2, 0.25) is 5.82 Å². The predicted octanol–water partition coefficient (Wildman–Crippen LogP) is -0.371. The number of aromatic amines is 1. The Morgan fingerprint density at radius 3 is 2.88 bits per heavy atom. The normalized spacial score (nSPS) is 10.1. The standard InChI is InChI=1S/C9H11FN2O4/c1-16-7(13)3-2-4-12-5-6(10)8(14)11-9(12)15/h5H,2-4H2,1H3,(H,11,14,15). The molecule has 0 spiro atoms. The summed E-state index contributed by atoms with van der Waals surface area (Å²) in [4.78, 5) is 34.5. The summed E-state index contributed by atoms with van der Waals surface area (Å²) in [6.45, 7) is 0.141. The van der Waals surface area contributed by atoms with Gasteiger partial charge in [-0.2, -0.15) is 4.39 Å². The molecule has 1 N–H and O–H groups in total. The van der Waals surface area contributed by atoms with E-state index in [9.17, 15) is 18.8 Å². The Kier molecular flexibility index (Phi) is 3.98. The molecule has 0 fully saturated rings. The highest BCUT2D eigenvalue weighted by Gasteiger charge is 2.05. The molecule has 0 atom stereocenters. The van der Waals surface area contributed by atoms with Crippen LogP contribution in [0.3, 0.4) is 0 Å². The van der Waals surface area contributed by atoms with Gasteiger partial charge < -0.3 is 4.74 Å². The number of methoxy groups -OCH3 is 1. The Morgan fingerprint density at radius 1 is 1.56 bits per heavy atom. The van der Waals surface area contributed by atoms with Crippen molar-refractivity contribution in [3.63, 3.8) is 0 Å². The number of carbonyl (C=O) groups excluding carboxylic acids is 1. The summed E-state index contributed by atoms with van der Waals surface area (Å²) in [7, 11) is 1.26. The van der Waals surface area contributed by atoms with E-state index in [0.29, 0.717) is 6.42 Å². The number of esters is 1. The van der Waals surface area contributed by atoms with Gasteiger partial charge in [-0.1, -0.05) is 0 Å². The molecule has 0 saturated carbocycles. The van der Waals surface area contributed by atoms with Crippen molar-refractivity contribution in [1.82, 2.24) is 9.55 Å². The highest BCUT2D eigenvalue weighted by Crippen LogP contribution is 1.94. The first-order valence-electron chi connectivity index (χ1n) is 4.60. The Bertz CT molecular complexity index is 491. The fourth-order valence-electron chi connectivity index (χ4n) is 1.14. The Balaban J connectivity index is 2.68. The lowest BCUT2D eigenvalue weighted by Gasteiger charge is -2.03. The van der Waals surface area contributed by atoms with Crippen LogP contribution in [0.2, 0.25) is 0 Å². The zero-order valence-corrected chi connectivity index (χ0v) is 8.66. The van der Waals surface area contributed by atoms with E-state index in [1.165, 1.54) is 7.11 Å². The highest BCUT2D eigenvalue weighted by molar-refractivity contribution is 5.68. The average molecular weight is 230 g/mol. The lowest BCUT2D eigenvalue weighted by molar-refractivity contribution is -0.140. The minimum atomic E-state index is -1.05. The van der Waals surface area contributed by atoms with E-state index in [1.807, 2.05) is 4.98 Å². The number of aromatic nitrogens is 2. The number of carbonyl (C=O) groups is 1. The van der Waals surface area contributed by atoms with Crippen molar-refractivity contribution >= 4 is 5.97 Å². The maximum absolute atomic E-state index is 12.8. The summed E-state index contributed by atoms with van der Waals surface area (Å²) in [5.41, 5.74) is -1.74. The molecule has 6 nitrogen and oxygen atoms in total. The van der Waals surface area contributed by atoms with E-state index < -0.39 is 23.0 Å². The van der Waals surface area contributed by atoms with Crippen LogP contribution in [0, 0.1) is 5.82 Å². The second kappa shape index (κ2) is 5.24. The lowest BCUT2D eigenvalue weighted by Crippen LogP contribution is -2.31. The number of hydrogen-bond acceptors (Lipinski definition) is 4. The van der Waals surface area contributed by atoms with Crippen molar-refractivity contribution in [3.05, 3.63) is 32.9 Å². The molecule has 88 valence electrons. The molecular formula is C9H11FN2O4. The van der Waals surface area contributed by atoms with Crippen LogP contribution in [-0.4, -0.2) is 22.6 Å². The van der Waals surface area contributed by atoms with Gasteiger partial charge in [-0.05, 0) is 6.42 Å². The van der Waals surface area contributed by atoms with Crippen molar-refractivity contribution < 1.29 is 13.9 Å². The summed E-state index contributed by atoms with van der Waals surface area (Å²) < 4.78 is 18.2. The zero-order valence-electron chi connectivity index (χ0n) is 8.66. The van der Waals surface area contributed by atoms with Gasteiger partial charge in [0.05, 0.1) is 13.3 Å². The molecule has 1 heterocycles. The van der Waals surface area contributed by atoms with Crippen LogP contribution < -0.4 is 11.2 Å². The smallest absolute Gasteiger partial charge is 0.328 e. The molecule has 0 bridgehead atoms. The van der Waals surface area contributed by atoms with Gasteiger partial charge in [0.1, 0.15) is 0 Å². The molecule has 1 rings (SSSR count). The molecule has 7 heteroatoms. The zero-order chi connectivity index (χ0) is 12.1. The van der Waals surface area contributed by atoms with Crippen molar-refractivity contribution in [2.24, 2.45) is 0 Å². The summed E-state index contributed by atoms with van der Waals surface area (Å²) >= 11 is 0. The largest absolute Gasteiger partial charge is 0.469 e. The fraction of sp³-hybridized carbons (Fsp3) is 0.444. The van der Waals surface area contributed by atoms with Crippen LogP contribution in [0.15, 0.2) is 15.8 Å². The highest BCUT2D eigenvalue weighted by atomic mass is 19.1. The van der Waals surface area contributed by atoms with Gasteiger partial charge in [-0.15, -0.1) is 0 Å². The number of ether oxygens (including phenoxy) is 1. The van der Waals surface area contributed by atoms with Crippen molar-refractivity contribution in [1.29, 1.82) is 0 Å². The van der Waals surface area contributed by atoms with E-state index in [2.05, 4.69) is 4.74 Å². The average Bonchev–Trinajstić information content (AvgIpc) is 2.25. The molecule has 1 aromatic rings. The first-order chi connectivity index (χ1) is 7.54. The quantitative estimate of drug-likeness (QED) is 0.715. The van der Waals surface area contributed by atoms with Crippen LogP contribution in [0.5, 0.6) is 0 Å². The maximum Gasteiger partial charge on any atom is 0.328 e. The van der Waals surface area contributed by atoms with Crippen molar-refractivity contribution in [3.8, 4) is 0 Å². The van der Waals surface area contributed by atoms with E-state index in [4.69, 9.17) is 0 Å². The third kappa shape index (κ3) is 3.04. The van der Waals surface area contributed by atoms with E-state index in [-0.39, 0.29) is 13.0 Å². The number of halogens is 1. The number of nitrogens with one attached hydrogen (secondary N) is 1. The molecule has 0 aromatic carbocycles. The Labute approximate surface area is 89.7 Å². The summed E-state index contributed by atoms with van der Waals surface area (Å²) in [5, 5.41) is 0. The molecule has 0 aliphatic rings. The van der Waals surface area contributed by atoms with Crippen molar-refractivity contribution in [2.45, 2.75) is 19.4 Å². The second-order valence-electron chi connectivity index (χ2n) is 3.11. The van der Waals surface area contributed by atoms with Gasteiger partial charge in [-0.25, -0.2) is 4.79 Å². The fourth-order valence-corrected chi connectivity index (χ4v) is 1.14. The van der Waals surface area contributed by atoms with Gasteiger partial charge >= 0.3 is 11.7 Å². The molecular weight excluding hydrogens is 219 g/mol. The van der Waals surface area contributed by atoms with Crippen LogP contribution in [0.25, 0.3) is 0 Å². The Morgan fingerprint density at radius 2 is 2.25 bits per heavy atom. The molecule has 0 unspecified atom stereocenters. The van der Waals surface area contributed by atoms with E-state index >= 15 is 0 Å².